The molecule has 0 aromatic carbocycles. The van der Waals surface area contributed by atoms with Crippen LogP contribution in [0.4, 0.5) is 0 Å². The quantitative estimate of drug-likeness (QED) is 0.836. The van der Waals surface area contributed by atoms with Gasteiger partial charge in [0.05, 0.1) is 11.9 Å². The molecule has 0 spiro atoms. The van der Waals surface area contributed by atoms with E-state index in [2.05, 4.69) is 33.0 Å². The molecule has 4 nitrogen and oxygen atoms in total. The molecular formula is C14H25NO3S. The van der Waals surface area contributed by atoms with E-state index in [4.69, 9.17) is 4.74 Å². The standard InChI is InChI=1S/C14H25NO3S/c1-10(2)8-18-13-7-12(14(13,3)4)15-11-5-6-19(16,17)9-11/h5-6,10-13,15H,7-9H2,1-4H3. The lowest BCUT2D eigenvalue weighted by atomic mass is 9.64. The normalized spacial score (nSPS) is 35.5. The Morgan fingerprint density at radius 2 is 2.11 bits per heavy atom. The summed E-state index contributed by atoms with van der Waals surface area (Å²) in [5.41, 5.74) is 0.0646. The van der Waals surface area contributed by atoms with E-state index in [0.717, 1.165) is 13.0 Å². The first-order chi connectivity index (χ1) is 8.71. The van der Waals surface area contributed by atoms with Crippen molar-refractivity contribution in [3.05, 3.63) is 11.5 Å². The maximum Gasteiger partial charge on any atom is 0.173 e. The van der Waals surface area contributed by atoms with Gasteiger partial charge in [0.1, 0.15) is 0 Å². The third kappa shape index (κ3) is 3.38. The summed E-state index contributed by atoms with van der Waals surface area (Å²) < 4.78 is 28.7. The van der Waals surface area contributed by atoms with E-state index in [1.54, 1.807) is 6.08 Å². The number of hydrogen-bond acceptors (Lipinski definition) is 4. The van der Waals surface area contributed by atoms with E-state index in [1.165, 1.54) is 5.41 Å². The maximum absolute atomic E-state index is 11.4. The highest BCUT2D eigenvalue weighted by atomic mass is 32.2. The topological polar surface area (TPSA) is 55.4 Å². The van der Waals surface area contributed by atoms with Crippen molar-refractivity contribution < 1.29 is 13.2 Å². The fourth-order valence-corrected chi connectivity index (χ4v) is 3.95. The Morgan fingerprint density at radius 1 is 1.42 bits per heavy atom. The molecule has 5 heteroatoms. The van der Waals surface area contributed by atoms with Gasteiger partial charge >= 0.3 is 0 Å². The molecule has 1 N–H and O–H groups in total. The highest BCUT2D eigenvalue weighted by Gasteiger charge is 2.49. The Kier molecular flexibility index (Phi) is 4.10. The molecule has 1 fully saturated rings. The van der Waals surface area contributed by atoms with Crippen LogP contribution in [0.25, 0.3) is 0 Å². The van der Waals surface area contributed by atoms with Crippen molar-refractivity contribution in [2.24, 2.45) is 11.3 Å². The van der Waals surface area contributed by atoms with E-state index in [-0.39, 0.29) is 23.3 Å². The summed E-state index contributed by atoms with van der Waals surface area (Å²) >= 11 is 0. The largest absolute Gasteiger partial charge is 0.377 e. The highest BCUT2D eigenvalue weighted by molar-refractivity contribution is 7.94. The van der Waals surface area contributed by atoms with Gasteiger partial charge in [0.2, 0.25) is 0 Å². The van der Waals surface area contributed by atoms with E-state index < -0.39 is 9.84 Å². The van der Waals surface area contributed by atoms with Crippen LogP contribution in [0.3, 0.4) is 0 Å². The maximum atomic E-state index is 11.4. The molecule has 0 radical (unpaired) electrons. The molecular weight excluding hydrogens is 262 g/mol. The first-order valence-corrected chi connectivity index (χ1v) is 8.71. The van der Waals surface area contributed by atoms with Gasteiger partial charge in [-0.25, -0.2) is 8.42 Å². The van der Waals surface area contributed by atoms with E-state index in [1.807, 2.05) is 0 Å². The summed E-state index contributed by atoms with van der Waals surface area (Å²) in [6.07, 6.45) is 2.99. The average Bonchev–Trinajstić information content (AvgIpc) is 2.62. The molecule has 3 unspecified atom stereocenters. The second kappa shape index (κ2) is 5.19. The summed E-state index contributed by atoms with van der Waals surface area (Å²) in [5, 5.41) is 4.76. The minimum atomic E-state index is -2.97. The molecule has 19 heavy (non-hydrogen) atoms. The first-order valence-electron chi connectivity index (χ1n) is 6.99. The zero-order chi connectivity index (χ0) is 14.3. The Balaban J connectivity index is 1.83. The predicted octanol–water partition coefficient (Wildman–Crippen LogP) is 1.73. The number of ether oxygens (including phenoxy) is 1. The number of hydrogen-bond donors (Lipinski definition) is 1. The zero-order valence-electron chi connectivity index (χ0n) is 12.2. The fourth-order valence-electron chi connectivity index (χ4n) is 2.70. The van der Waals surface area contributed by atoms with Crippen molar-refractivity contribution >= 4 is 9.84 Å². The second-order valence-electron chi connectivity index (χ2n) is 6.76. The van der Waals surface area contributed by atoms with Crippen LogP contribution in [-0.2, 0) is 14.6 Å². The summed E-state index contributed by atoms with van der Waals surface area (Å²) in [6, 6.07) is 0.285. The van der Waals surface area contributed by atoms with Crippen molar-refractivity contribution in [3.8, 4) is 0 Å². The van der Waals surface area contributed by atoms with E-state index >= 15 is 0 Å². The Bertz CT molecular complexity index is 453. The van der Waals surface area contributed by atoms with Crippen LogP contribution in [0.2, 0.25) is 0 Å². The Hall–Kier alpha value is -0.390. The van der Waals surface area contributed by atoms with Crippen LogP contribution in [0.1, 0.15) is 34.1 Å². The fraction of sp³-hybridized carbons (Fsp3) is 0.857. The highest BCUT2D eigenvalue weighted by Crippen LogP contribution is 2.43. The number of sulfone groups is 1. The minimum Gasteiger partial charge on any atom is -0.377 e. The molecule has 0 bridgehead atoms. The monoisotopic (exact) mass is 287 g/mol. The van der Waals surface area contributed by atoms with Crippen LogP contribution >= 0.6 is 0 Å². The first kappa shape index (κ1) is 15.0. The molecule has 3 atom stereocenters. The zero-order valence-corrected chi connectivity index (χ0v) is 13.0. The van der Waals surface area contributed by atoms with Crippen molar-refractivity contribution in [1.82, 2.24) is 5.32 Å². The van der Waals surface area contributed by atoms with Crippen LogP contribution in [0, 0.1) is 11.3 Å². The minimum absolute atomic E-state index is 0.0414. The second-order valence-corrected chi connectivity index (χ2v) is 8.69. The molecule has 0 aromatic rings. The lowest BCUT2D eigenvalue weighted by molar-refractivity contribution is -0.124. The summed E-state index contributed by atoms with van der Waals surface area (Å²) in [4.78, 5) is 0. The van der Waals surface area contributed by atoms with Crippen molar-refractivity contribution in [2.75, 3.05) is 12.4 Å². The van der Waals surface area contributed by atoms with Crippen LogP contribution < -0.4 is 5.32 Å². The predicted molar refractivity (Wildman–Crippen MR) is 76.6 cm³/mol. The lowest BCUT2D eigenvalue weighted by Crippen LogP contribution is -2.63. The van der Waals surface area contributed by atoms with Crippen molar-refractivity contribution in [3.63, 3.8) is 0 Å². The van der Waals surface area contributed by atoms with Gasteiger partial charge in [-0.3, -0.25) is 0 Å². The van der Waals surface area contributed by atoms with Gasteiger partial charge in [0.25, 0.3) is 0 Å². The average molecular weight is 287 g/mol. The smallest absolute Gasteiger partial charge is 0.173 e. The van der Waals surface area contributed by atoms with Crippen LogP contribution in [-0.4, -0.2) is 39.0 Å². The Morgan fingerprint density at radius 3 is 2.58 bits per heavy atom. The summed E-state index contributed by atoms with van der Waals surface area (Å²) in [7, 11) is -2.97. The SMILES string of the molecule is CC(C)COC1CC(NC2C=CS(=O)(=O)C2)C1(C)C. The molecule has 0 aromatic heterocycles. The van der Waals surface area contributed by atoms with Crippen molar-refractivity contribution in [2.45, 2.75) is 52.3 Å². The van der Waals surface area contributed by atoms with Gasteiger partial charge in [0, 0.05) is 29.5 Å². The Labute approximate surface area is 116 Å². The molecule has 1 aliphatic carbocycles. The molecule has 2 rings (SSSR count). The summed E-state index contributed by atoms with van der Waals surface area (Å²) in [5.74, 6) is 0.739. The molecule has 0 amide bonds. The number of rotatable bonds is 5. The van der Waals surface area contributed by atoms with E-state index in [9.17, 15) is 8.42 Å². The van der Waals surface area contributed by atoms with Crippen LogP contribution in [0.5, 0.6) is 0 Å². The van der Waals surface area contributed by atoms with Crippen LogP contribution in [0.15, 0.2) is 11.5 Å². The lowest BCUT2D eigenvalue weighted by Gasteiger charge is -2.52. The number of nitrogens with one attached hydrogen (secondary N) is 1. The van der Waals surface area contributed by atoms with Gasteiger partial charge in [0.15, 0.2) is 9.84 Å². The van der Waals surface area contributed by atoms with Gasteiger partial charge in [-0.2, -0.15) is 0 Å². The van der Waals surface area contributed by atoms with Gasteiger partial charge < -0.3 is 10.1 Å². The molecule has 1 aliphatic heterocycles. The molecule has 110 valence electrons. The van der Waals surface area contributed by atoms with E-state index in [0.29, 0.717) is 12.0 Å². The molecule has 2 aliphatic rings. The molecule has 0 saturated heterocycles. The van der Waals surface area contributed by atoms with Gasteiger partial charge in [-0.05, 0) is 12.3 Å². The molecule has 1 saturated carbocycles. The van der Waals surface area contributed by atoms with Gasteiger partial charge in [-0.15, -0.1) is 0 Å². The third-order valence-corrected chi connectivity index (χ3v) is 5.55. The molecule has 1 heterocycles. The van der Waals surface area contributed by atoms with Gasteiger partial charge in [-0.1, -0.05) is 33.8 Å². The summed E-state index contributed by atoms with van der Waals surface area (Å²) in [6.45, 7) is 9.46. The third-order valence-electron chi connectivity index (χ3n) is 4.15. The van der Waals surface area contributed by atoms with Crippen molar-refractivity contribution in [1.29, 1.82) is 0 Å².